The number of hydrogen-bond acceptors (Lipinski definition) is 16. The zero-order valence-corrected chi connectivity index (χ0v) is 41.0. The van der Waals surface area contributed by atoms with Crippen LogP contribution >= 0.6 is 92.8 Å². The van der Waals surface area contributed by atoms with E-state index in [1.165, 1.54) is 53.5 Å². The van der Waals surface area contributed by atoms with E-state index in [1.54, 1.807) is 72.8 Å². The molecule has 0 spiro atoms. The number of esters is 4. The van der Waals surface area contributed by atoms with E-state index in [2.05, 4.69) is 39.6 Å². The maximum atomic E-state index is 11.5. The van der Waals surface area contributed by atoms with E-state index in [0.717, 1.165) is 0 Å². The number of aromatic nitrogens is 4. The third kappa shape index (κ3) is 12.3. The van der Waals surface area contributed by atoms with Crippen molar-refractivity contribution in [1.29, 1.82) is 0 Å². The Morgan fingerprint density at radius 3 is 0.647 bits per heavy atom. The second kappa shape index (κ2) is 24.8. The molecule has 8 rings (SSSR count). The summed E-state index contributed by atoms with van der Waals surface area (Å²) < 4.78 is 37.5. The topological polar surface area (TPSA) is 209 Å². The SMILES string of the molecule is COC(=O)c1conc1-c1c(Cl)cccc1Cl.COC(=O)c1conc1-c1c(Cl)cccc1Cl.COC(=O)c1conc1-c1c(Cl)cccc1Cl.COC(=O)c1conc1-c1c(Cl)cccc1Cl. The van der Waals surface area contributed by atoms with Gasteiger partial charge >= 0.3 is 23.9 Å². The summed E-state index contributed by atoms with van der Waals surface area (Å²) in [6.45, 7) is 0. The van der Waals surface area contributed by atoms with Crippen LogP contribution in [0, 0.1) is 0 Å². The number of benzene rings is 4. The van der Waals surface area contributed by atoms with Crippen molar-refractivity contribution < 1.29 is 56.2 Å². The molecule has 16 nitrogen and oxygen atoms in total. The van der Waals surface area contributed by atoms with Gasteiger partial charge in [-0.05, 0) is 48.5 Å². The van der Waals surface area contributed by atoms with Gasteiger partial charge in [-0.2, -0.15) is 0 Å². The molecule has 0 N–H and O–H groups in total. The Balaban J connectivity index is 0.000000169. The highest BCUT2D eigenvalue weighted by molar-refractivity contribution is 6.41. The predicted octanol–water partition coefficient (Wildman–Crippen LogP) is 13.7. The van der Waals surface area contributed by atoms with Crippen molar-refractivity contribution in [1.82, 2.24) is 20.6 Å². The fourth-order valence-corrected chi connectivity index (χ4v) is 7.89. The van der Waals surface area contributed by atoms with Gasteiger partial charge in [-0.15, -0.1) is 0 Å². The van der Waals surface area contributed by atoms with E-state index in [0.29, 0.717) is 62.4 Å². The number of ether oxygens (including phenoxy) is 4. The normalized spacial score (nSPS) is 10.3. The van der Waals surface area contributed by atoms with Crippen LogP contribution in [-0.4, -0.2) is 72.9 Å². The standard InChI is InChI=1S/4C11H7Cl2NO3/c4*1-16-11(15)6-5-17-14-10(6)9-7(12)3-2-4-8(9)13/h4*2-5H,1H3. The third-order valence-electron chi connectivity index (χ3n) is 8.70. The number of carbonyl (C=O) groups is 4. The van der Waals surface area contributed by atoms with Crippen molar-refractivity contribution in [2.24, 2.45) is 0 Å². The van der Waals surface area contributed by atoms with Gasteiger partial charge in [-0.3, -0.25) is 0 Å². The van der Waals surface area contributed by atoms with E-state index in [1.807, 2.05) is 0 Å². The maximum Gasteiger partial charge on any atom is 0.343 e. The minimum absolute atomic E-state index is 0.183. The van der Waals surface area contributed by atoms with Gasteiger partial charge < -0.3 is 37.0 Å². The minimum Gasteiger partial charge on any atom is -0.465 e. The molecule has 0 aliphatic rings. The van der Waals surface area contributed by atoms with Crippen molar-refractivity contribution in [3.63, 3.8) is 0 Å². The molecular weight excluding hydrogens is 1060 g/mol. The highest BCUT2D eigenvalue weighted by Crippen LogP contribution is 2.39. The van der Waals surface area contributed by atoms with Gasteiger partial charge in [-0.1, -0.05) is 138 Å². The Kier molecular flexibility index (Phi) is 19.3. The highest BCUT2D eigenvalue weighted by atomic mass is 35.5. The zero-order valence-electron chi connectivity index (χ0n) is 34.9. The van der Waals surface area contributed by atoms with Crippen LogP contribution in [0.5, 0.6) is 0 Å². The average Bonchev–Trinajstić information content (AvgIpc) is 4.18. The molecule has 68 heavy (non-hydrogen) atoms. The summed E-state index contributed by atoms with van der Waals surface area (Å²) in [5.74, 6) is -2.23. The molecule has 8 aromatic rings. The van der Waals surface area contributed by atoms with Crippen LogP contribution in [0.1, 0.15) is 41.4 Å². The first-order valence-electron chi connectivity index (χ1n) is 18.5. The Bertz CT molecular complexity index is 2590. The molecule has 0 fully saturated rings. The molecular formula is C44H28Cl8N4O12. The Hall–Kier alpha value is -6.08. The van der Waals surface area contributed by atoms with Crippen molar-refractivity contribution >= 4 is 117 Å². The summed E-state index contributed by atoms with van der Waals surface area (Å²) in [4.78, 5) is 45.9. The fourth-order valence-electron chi connectivity index (χ4n) is 5.58. The van der Waals surface area contributed by atoms with Gasteiger partial charge in [0.2, 0.25) is 0 Å². The molecule has 4 heterocycles. The number of nitrogens with zero attached hydrogens (tertiary/aromatic N) is 4. The minimum atomic E-state index is -0.558. The first-order chi connectivity index (χ1) is 32.6. The van der Waals surface area contributed by atoms with Crippen LogP contribution in [0.15, 0.2) is 116 Å². The first-order valence-corrected chi connectivity index (χ1v) is 21.5. The molecule has 0 radical (unpaired) electrons. The van der Waals surface area contributed by atoms with Crippen LogP contribution in [0.25, 0.3) is 45.0 Å². The van der Waals surface area contributed by atoms with E-state index in [4.69, 9.17) is 111 Å². The van der Waals surface area contributed by atoms with Crippen LogP contribution < -0.4 is 0 Å². The average molecular weight is 1090 g/mol. The van der Waals surface area contributed by atoms with Crippen molar-refractivity contribution in [3.8, 4) is 45.0 Å². The monoisotopic (exact) mass is 1080 g/mol. The second-order valence-electron chi connectivity index (χ2n) is 12.7. The molecule has 0 aliphatic carbocycles. The lowest BCUT2D eigenvalue weighted by atomic mass is 10.1. The smallest absolute Gasteiger partial charge is 0.343 e. The van der Waals surface area contributed by atoms with Gasteiger partial charge in [0.25, 0.3) is 0 Å². The second-order valence-corrected chi connectivity index (χ2v) is 15.9. The summed E-state index contributed by atoms with van der Waals surface area (Å²) in [6, 6.07) is 20.0. The fraction of sp³-hybridized carbons (Fsp3) is 0.0909. The summed E-state index contributed by atoms with van der Waals surface area (Å²) in [6.07, 6.45) is 4.78. The number of halogens is 8. The summed E-state index contributed by atoms with van der Waals surface area (Å²) in [7, 11) is 5.08. The van der Waals surface area contributed by atoms with Crippen LogP contribution in [0.3, 0.4) is 0 Å². The number of methoxy groups -OCH3 is 4. The molecule has 0 aliphatic heterocycles. The molecule has 0 amide bonds. The molecule has 0 unspecified atom stereocenters. The van der Waals surface area contributed by atoms with Crippen molar-refractivity contribution in [2.75, 3.05) is 28.4 Å². The van der Waals surface area contributed by atoms with E-state index >= 15 is 0 Å². The molecule has 0 saturated heterocycles. The van der Waals surface area contributed by atoms with E-state index < -0.39 is 23.9 Å². The Morgan fingerprint density at radius 2 is 0.500 bits per heavy atom. The molecule has 0 bridgehead atoms. The lowest BCUT2D eigenvalue weighted by Gasteiger charge is -2.04. The van der Waals surface area contributed by atoms with Gasteiger partial charge in [0.1, 0.15) is 70.1 Å². The van der Waals surface area contributed by atoms with E-state index in [-0.39, 0.29) is 45.0 Å². The number of carbonyl (C=O) groups excluding carboxylic acids is 4. The van der Waals surface area contributed by atoms with Crippen LogP contribution in [0.4, 0.5) is 0 Å². The molecule has 0 saturated carbocycles. The summed E-state index contributed by atoms with van der Waals surface area (Å²) in [5, 5.41) is 18.0. The van der Waals surface area contributed by atoms with Gasteiger partial charge in [0.15, 0.2) is 0 Å². The lowest BCUT2D eigenvalue weighted by Crippen LogP contribution is -2.01. The quantitative estimate of drug-likeness (QED) is 0.102. The van der Waals surface area contributed by atoms with Gasteiger partial charge in [0.05, 0.1) is 68.6 Å². The predicted molar refractivity (Wildman–Crippen MR) is 253 cm³/mol. The molecule has 24 heteroatoms. The maximum absolute atomic E-state index is 11.5. The first kappa shape index (κ1) is 52.9. The van der Waals surface area contributed by atoms with Crippen molar-refractivity contribution in [2.45, 2.75) is 0 Å². The van der Waals surface area contributed by atoms with Gasteiger partial charge in [0, 0.05) is 22.3 Å². The van der Waals surface area contributed by atoms with Gasteiger partial charge in [-0.25, -0.2) is 19.2 Å². The largest absolute Gasteiger partial charge is 0.465 e. The molecule has 0 atom stereocenters. The lowest BCUT2D eigenvalue weighted by molar-refractivity contribution is 0.0591. The van der Waals surface area contributed by atoms with Crippen LogP contribution in [0.2, 0.25) is 40.2 Å². The number of hydrogen-bond donors (Lipinski definition) is 0. The molecule has 352 valence electrons. The third-order valence-corrected chi connectivity index (χ3v) is 11.2. The summed E-state index contributed by atoms with van der Waals surface area (Å²) >= 11 is 48.2. The number of rotatable bonds is 8. The Morgan fingerprint density at radius 1 is 0.338 bits per heavy atom. The van der Waals surface area contributed by atoms with Crippen LogP contribution in [-0.2, 0) is 18.9 Å². The molecule has 4 aromatic heterocycles. The highest BCUT2D eigenvalue weighted by Gasteiger charge is 2.25. The van der Waals surface area contributed by atoms with E-state index in [9.17, 15) is 19.2 Å². The Labute approximate surface area is 424 Å². The zero-order chi connectivity index (χ0) is 49.7. The molecule has 4 aromatic carbocycles. The summed E-state index contributed by atoms with van der Waals surface area (Å²) in [5.41, 5.74) is 3.61. The van der Waals surface area contributed by atoms with Crippen molar-refractivity contribution in [3.05, 3.63) is 160 Å².